The van der Waals surface area contributed by atoms with Gasteiger partial charge < -0.3 is 4.84 Å². The summed E-state index contributed by atoms with van der Waals surface area (Å²) < 4.78 is 12.7. The summed E-state index contributed by atoms with van der Waals surface area (Å²) in [5.74, 6) is -0.256. The third-order valence-electron chi connectivity index (χ3n) is 2.52. The van der Waals surface area contributed by atoms with Gasteiger partial charge in [0.2, 0.25) is 0 Å². The molecule has 0 saturated carbocycles. The molecule has 0 aliphatic rings. The molecule has 2 aromatic rings. The lowest BCUT2D eigenvalue weighted by Gasteiger charge is -2.00. The highest BCUT2D eigenvalue weighted by Gasteiger charge is 1.95. The van der Waals surface area contributed by atoms with Gasteiger partial charge in [-0.2, -0.15) is 0 Å². The quantitative estimate of drug-likeness (QED) is 0.593. The standard InChI is InChI=1S/C15H13FNO/c1-12-4-2-3-5-14(12)10-17-18-11-13-6-8-15(16)9-7-13/h2-9H,11H2,1H3. The van der Waals surface area contributed by atoms with E-state index in [-0.39, 0.29) is 5.82 Å². The van der Waals surface area contributed by atoms with Gasteiger partial charge in [-0.25, -0.2) is 4.39 Å². The molecule has 0 aromatic heterocycles. The van der Waals surface area contributed by atoms with Crippen molar-refractivity contribution in [2.45, 2.75) is 13.5 Å². The smallest absolute Gasteiger partial charge is 0.142 e. The van der Waals surface area contributed by atoms with Crippen LogP contribution in [0.1, 0.15) is 16.7 Å². The lowest BCUT2D eigenvalue weighted by atomic mass is 10.1. The van der Waals surface area contributed by atoms with Crippen molar-refractivity contribution in [3.63, 3.8) is 0 Å². The number of aryl methyl sites for hydroxylation is 1. The molecular formula is C15H13FNO. The summed E-state index contributed by atoms with van der Waals surface area (Å²) in [6.07, 6.45) is 2.82. The highest BCUT2D eigenvalue weighted by atomic mass is 19.1. The maximum atomic E-state index is 12.7. The van der Waals surface area contributed by atoms with Crippen molar-refractivity contribution in [1.29, 1.82) is 0 Å². The first kappa shape index (κ1) is 12.3. The molecule has 2 rings (SSSR count). The molecule has 0 fully saturated rings. The Morgan fingerprint density at radius 1 is 1.11 bits per heavy atom. The molecule has 0 unspecified atom stereocenters. The van der Waals surface area contributed by atoms with Crippen molar-refractivity contribution in [1.82, 2.24) is 0 Å². The fourth-order valence-electron chi connectivity index (χ4n) is 1.47. The van der Waals surface area contributed by atoms with Crippen LogP contribution >= 0.6 is 0 Å². The Hall–Kier alpha value is -2.16. The highest BCUT2D eigenvalue weighted by Crippen LogP contribution is 2.06. The van der Waals surface area contributed by atoms with Crippen molar-refractivity contribution in [2.75, 3.05) is 0 Å². The molecule has 0 spiro atoms. The zero-order valence-corrected chi connectivity index (χ0v) is 10.1. The number of benzene rings is 2. The van der Waals surface area contributed by atoms with E-state index in [4.69, 9.17) is 4.84 Å². The normalized spacial score (nSPS) is 10.8. The summed E-state index contributed by atoms with van der Waals surface area (Å²) >= 11 is 0. The fourth-order valence-corrected chi connectivity index (χ4v) is 1.47. The molecule has 0 N–H and O–H groups in total. The molecule has 18 heavy (non-hydrogen) atoms. The van der Waals surface area contributed by atoms with Crippen LogP contribution in [0, 0.1) is 12.7 Å². The number of nitrogens with zero attached hydrogens (tertiary/aromatic N) is 1. The second-order valence-corrected chi connectivity index (χ2v) is 3.92. The van der Waals surface area contributed by atoms with Gasteiger partial charge >= 0.3 is 0 Å². The maximum Gasteiger partial charge on any atom is 0.142 e. The first-order chi connectivity index (χ1) is 8.75. The largest absolute Gasteiger partial charge is 0.390 e. The van der Waals surface area contributed by atoms with Gasteiger partial charge in [0.15, 0.2) is 0 Å². The van der Waals surface area contributed by atoms with Crippen LogP contribution in [0.5, 0.6) is 0 Å². The second kappa shape index (κ2) is 5.96. The fraction of sp³-hybridized carbons (Fsp3) is 0.133. The molecule has 1 radical (unpaired) electrons. The van der Waals surface area contributed by atoms with E-state index in [1.807, 2.05) is 31.2 Å². The minimum atomic E-state index is -0.256. The van der Waals surface area contributed by atoms with Crippen molar-refractivity contribution < 1.29 is 9.23 Å². The van der Waals surface area contributed by atoms with Crippen LogP contribution in [0.15, 0.2) is 53.7 Å². The SMILES string of the molecule is Cc1ccccc1/[C]=N\OCc1ccc(F)cc1. The number of rotatable bonds is 4. The topological polar surface area (TPSA) is 21.6 Å². The van der Waals surface area contributed by atoms with Gasteiger partial charge in [0.05, 0.1) is 0 Å². The molecule has 3 heteroatoms. The Morgan fingerprint density at radius 3 is 2.56 bits per heavy atom. The number of hydrogen-bond donors (Lipinski definition) is 0. The molecule has 0 heterocycles. The van der Waals surface area contributed by atoms with E-state index in [1.54, 1.807) is 12.1 Å². The van der Waals surface area contributed by atoms with Gasteiger partial charge in [-0.15, -0.1) is 0 Å². The lowest BCUT2D eigenvalue weighted by Crippen LogP contribution is -1.90. The van der Waals surface area contributed by atoms with Gasteiger partial charge in [0.1, 0.15) is 18.6 Å². The molecule has 0 atom stereocenters. The van der Waals surface area contributed by atoms with Gasteiger partial charge in [-0.3, -0.25) is 0 Å². The molecule has 2 aromatic carbocycles. The Balaban J connectivity index is 1.89. The average Bonchev–Trinajstić information content (AvgIpc) is 2.39. The number of hydrogen-bond acceptors (Lipinski definition) is 2. The van der Waals surface area contributed by atoms with E-state index in [9.17, 15) is 4.39 Å². The van der Waals surface area contributed by atoms with Crippen molar-refractivity contribution in [2.24, 2.45) is 5.16 Å². The summed E-state index contributed by atoms with van der Waals surface area (Å²) in [5, 5.41) is 3.78. The van der Waals surface area contributed by atoms with Gasteiger partial charge in [0, 0.05) is 5.56 Å². The average molecular weight is 242 g/mol. The first-order valence-corrected chi connectivity index (χ1v) is 5.64. The van der Waals surface area contributed by atoms with Crippen molar-refractivity contribution in [3.05, 3.63) is 71.0 Å². The third-order valence-corrected chi connectivity index (χ3v) is 2.52. The predicted molar refractivity (Wildman–Crippen MR) is 68.9 cm³/mol. The summed E-state index contributed by atoms with van der Waals surface area (Å²) in [6, 6.07) is 13.9. The third kappa shape index (κ3) is 3.42. The van der Waals surface area contributed by atoms with Gasteiger partial charge in [-0.1, -0.05) is 41.6 Å². The monoisotopic (exact) mass is 242 g/mol. The zero-order chi connectivity index (χ0) is 12.8. The minimum Gasteiger partial charge on any atom is -0.390 e. The Labute approximate surface area is 106 Å². The van der Waals surface area contributed by atoms with E-state index >= 15 is 0 Å². The minimum absolute atomic E-state index is 0.256. The predicted octanol–water partition coefficient (Wildman–Crippen LogP) is 3.56. The molecule has 2 nitrogen and oxygen atoms in total. The molecule has 0 amide bonds. The van der Waals surface area contributed by atoms with Crippen LogP contribution in [0.25, 0.3) is 0 Å². The van der Waals surface area contributed by atoms with Gasteiger partial charge in [-0.05, 0) is 30.2 Å². The Morgan fingerprint density at radius 2 is 1.83 bits per heavy atom. The molecule has 0 bridgehead atoms. The van der Waals surface area contributed by atoms with Crippen LogP contribution < -0.4 is 0 Å². The van der Waals surface area contributed by atoms with E-state index < -0.39 is 0 Å². The van der Waals surface area contributed by atoms with E-state index in [0.29, 0.717) is 6.61 Å². The Kier molecular flexibility index (Phi) is 4.07. The highest BCUT2D eigenvalue weighted by molar-refractivity contribution is 5.81. The second-order valence-electron chi connectivity index (χ2n) is 3.92. The van der Waals surface area contributed by atoms with Crippen LogP contribution in [0.2, 0.25) is 0 Å². The van der Waals surface area contributed by atoms with E-state index in [2.05, 4.69) is 11.4 Å². The lowest BCUT2D eigenvalue weighted by molar-refractivity contribution is 0.132. The zero-order valence-electron chi connectivity index (χ0n) is 10.1. The number of halogens is 1. The van der Waals surface area contributed by atoms with E-state index in [0.717, 1.165) is 16.7 Å². The molecule has 0 aliphatic carbocycles. The van der Waals surface area contributed by atoms with Gasteiger partial charge in [0.25, 0.3) is 0 Å². The maximum absolute atomic E-state index is 12.7. The molecular weight excluding hydrogens is 229 g/mol. The van der Waals surface area contributed by atoms with Crippen LogP contribution in [-0.2, 0) is 11.4 Å². The van der Waals surface area contributed by atoms with E-state index in [1.165, 1.54) is 12.1 Å². The molecule has 0 saturated heterocycles. The first-order valence-electron chi connectivity index (χ1n) is 5.64. The summed E-state index contributed by atoms with van der Waals surface area (Å²) in [5.41, 5.74) is 2.86. The Bertz CT molecular complexity index is 534. The summed E-state index contributed by atoms with van der Waals surface area (Å²) in [6.45, 7) is 2.29. The summed E-state index contributed by atoms with van der Waals surface area (Å²) in [7, 11) is 0. The van der Waals surface area contributed by atoms with Crippen LogP contribution in [0.4, 0.5) is 4.39 Å². The van der Waals surface area contributed by atoms with Crippen molar-refractivity contribution >= 4 is 6.21 Å². The van der Waals surface area contributed by atoms with Crippen LogP contribution in [0.3, 0.4) is 0 Å². The van der Waals surface area contributed by atoms with Crippen LogP contribution in [-0.4, -0.2) is 6.21 Å². The summed E-state index contributed by atoms with van der Waals surface area (Å²) in [4.78, 5) is 5.11. The molecule has 0 aliphatic heterocycles. The van der Waals surface area contributed by atoms with Crippen molar-refractivity contribution in [3.8, 4) is 0 Å². The molecule has 91 valence electrons.